The van der Waals surface area contributed by atoms with E-state index in [2.05, 4.69) is 5.18 Å². The summed E-state index contributed by atoms with van der Waals surface area (Å²) in [6.45, 7) is 3.62. The molecule has 0 fully saturated rings. The highest BCUT2D eigenvalue weighted by atomic mass is 16.4. The Morgan fingerprint density at radius 1 is 1.50 bits per heavy atom. The van der Waals surface area contributed by atoms with Crippen LogP contribution in [0.4, 0.5) is 0 Å². The van der Waals surface area contributed by atoms with Crippen LogP contribution in [0.5, 0.6) is 0 Å². The number of carbonyl (C=O) groups is 1. The molecule has 0 rings (SSSR count). The number of hydrogen-bond donors (Lipinski definition) is 1. The van der Waals surface area contributed by atoms with Gasteiger partial charge in [0.15, 0.2) is 5.54 Å². The fourth-order valence-corrected chi connectivity index (χ4v) is 1.05. The van der Waals surface area contributed by atoms with Crippen LogP contribution in [0.1, 0.15) is 39.5 Å². The van der Waals surface area contributed by atoms with E-state index >= 15 is 0 Å². The van der Waals surface area contributed by atoms with Crippen molar-refractivity contribution in [3.8, 4) is 0 Å². The van der Waals surface area contributed by atoms with Gasteiger partial charge in [-0.15, -0.1) is 4.91 Å². The van der Waals surface area contributed by atoms with Crippen molar-refractivity contribution in [1.82, 2.24) is 0 Å². The fourth-order valence-electron chi connectivity index (χ4n) is 1.05. The average Bonchev–Trinajstić information content (AvgIpc) is 2.07. The summed E-state index contributed by atoms with van der Waals surface area (Å²) in [5.74, 6) is -1.10. The first-order chi connectivity index (χ1) is 5.63. The molecule has 0 bridgehead atoms. The van der Waals surface area contributed by atoms with Gasteiger partial charge >= 0.3 is 5.97 Å². The van der Waals surface area contributed by atoms with Gasteiger partial charge in [-0.05, 0) is 12.8 Å². The summed E-state index contributed by atoms with van der Waals surface area (Å²) in [4.78, 5) is 21.1. The van der Waals surface area contributed by atoms with Gasteiger partial charge in [-0.1, -0.05) is 31.9 Å². The maximum atomic E-state index is 10.7. The minimum Gasteiger partial charge on any atom is -0.479 e. The lowest BCUT2D eigenvalue weighted by Crippen LogP contribution is -2.35. The standard InChI is InChI=1S/C8H15NO3/c1-3-5-6-8(4-2,9-12)7(10)11/h3-6H2,1-2H3,(H,10,11). The monoisotopic (exact) mass is 173 g/mol. The van der Waals surface area contributed by atoms with Gasteiger partial charge in [0.05, 0.1) is 0 Å². The molecule has 1 N–H and O–H groups in total. The van der Waals surface area contributed by atoms with Crippen LogP contribution >= 0.6 is 0 Å². The summed E-state index contributed by atoms with van der Waals surface area (Å²) in [7, 11) is 0. The summed E-state index contributed by atoms with van der Waals surface area (Å²) in [5.41, 5.74) is -1.38. The first-order valence-corrected chi connectivity index (χ1v) is 4.21. The Balaban J connectivity index is 4.35. The van der Waals surface area contributed by atoms with Crippen molar-refractivity contribution in [2.24, 2.45) is 5.18 Å². The summed E-state index contributed by atoms with van der Waals surface area (Å²) in [6.07, 6.45) is 2.22. The fraction of sp³-hybridized carbons (Fsp3) is 0.875. The van der Waals surface area contributed by atoms with E-state index in [9.17, 15) is 9.70 Å². The van der Waals surface area contributed by atoms with Crippen molar-refractivity contribution >= 4 is 5.97 Å². The van der Waals surface area contributed by atoms with Crippen LogP contribution in [0.25, 0.3) is 0 Å². The second-order valence-electron chi connectivity index (χ2n) is 2.89. The molecular weight excluding hydrogens is 158 g/mol. The second-order valence-corrected chi connectivity index (χ2v) is 2.89. The number of aliphatic carboxylic acids is 1. The van der Waals surface area contributed by atoms with Crippen LogP contribution in [-0.2, 0) is 4.79 Å². The third kappa shape index (κ3) is 2.29. The van der Waals surface area contributed by atoms with Gasteiger partial charge in [0, 0.05) is 0 Å². The van der Waals surface area contributed by atoms with E-state index in [0.29, 0.717) is 6.42 Å². The highest BCUT2D eigenvalue weighted by molar-refractivity contribution is 5.78. The van der Waals surface area contributed by atoms with E-state index < -0.39 is 11.5 Å². The van der Waals surface area contributed by atoms with Crippen LogP contribution in [0.3, 0.4) is 0 Å². The Bertz CT molecular complexity index is 170. The van der Waals surface area contributed by atoms with Gasteiger partial charge in [-0.25, -0.2) is 4.79 Å². The molecule has 0 aliphatic heterocycles. The topological polar surface area (TPSA) is 66.7 Å². The molecule has 0 amide bonds. The number of carboxylic acid groups (broad SMARTS) is 1. The lowest BCUT2D eigenvalue weighted by molar-refractivity contribution is -0.143. The molecule has 0 heterocycles. The van der Waals surface area contributed by atoms with E-state index in [0.717, 1.165) is 12.8 Å². The Hall–Kier alpha value is -0.930. The van der Waals surface area contributed by atoms with E-state index in [1.807, 2.05) is 6.92 Å². The van der Waals surface area contributed by atoms with Crippen LogP contribution < -0.4 is 0 Å². The summed E-state index contributed by atoms with van der Waals surface area (Å²) in [5, 5.41) is 11.5. The number of nitroso groups, excluding NO2 is 1. The Morgan fingerprint density at radius 2 is 2.08 bits per heavy atom. The SMILES string of the molecule is CCCCC(CC)(N=O)C(=O)O. The molecule has 0 aromatic rings. The van der Waals surface area contributed by atoms with Gasteiger partial charge in [0.25, 0.3) is 0 Å². The first-order valence-electron chi connectivity index (χ1n) is 4.21. The van der Waals surface area contributed by atoms with Gasteiger partial charge < -0.3 is 5.11 Å². The molecule has 4 heteroatoms. The maximum absolute atomic E-state index is 10.7. The van der Waals surface area contributed by atoms with Crippen molar-refractivity contribution < 1.29 is 9.90 Å². The predicted molar refractivity (Wildman–Crippen MR) is 46.0 cm³/mol. The molecule has 0 saturated carbocycles. The summed E-state index contributed by atoms with van der Waals surface area (Å²) < 4.78 is 0. The predicted octanol–water partition coefficient (Wildman–Crippen LogP) is 2.18. The molecule has 4 nitrogen and oxygen atoms in total. The second kappa shape index (κ2) is 4.85. The molecule has 0 aromatic heterocycles. The average molecular weight is 173 g/mol. The van der Waals surface area contributed by atoms with Crippen molar-refractivity contribution in [3.63, 3.8) is 0 Å². The van der Waals surface area contributed by atoms with Crippen LogP contribution in [0.2, 0.25) is 0 Å². The van der Waals surface area contributed by atoms with Crippen molar-refractivity contribution in [1.29, 1.82) is 0 Å². The number of rotatable bonds is 6. The minimum absolute atomic E-state index is 0.270. The van der Waals surface area contributed by atoms with Crippen molar-refractivity contribution in [2.45, 2.75) is 45.1 Å². The van der Waals surface area contributed by atoms with Crippen LogP contribution in [-0.4, -0.2) is 16.6 Å². The minimum atomic E-state index is -1.38. The lowest BCUT2D eigenvalue weighted by Gasteiger charge is -2.18. The van der Waals surface area contributed by atoms with Gasteiger partial charge in [-0.3, -0.25) is 0 Å². The first kappa shape index (κ1) is 11.1. The van der Waals surface area contributed by atoms with E-state index in [1.54, 1.807) is 6.92 Å². The zero-order chi connectivity index (χ0) is 9.61. The molecule has 0 aromatic carbocycles. The van der Waals surface area contributed by atoms with Gasteiger partial charge in [-0.2, -0.15) is 0 Å². The van der Waals surface area contributed by atoms with Crippen LogP contribution in [0.15, 0.2) is 5.18 Å². The van der Waals surface area contributed by atoms with E-state index in [1.165, 1.54) is 0 Å². The molecule has 1 unspecified atom stereocenters. The van der Waals surface area contributed by atoms with Crippen LogP contribution in [0, 0.1) is 4.91 Å². The quantitative estimate of drug-likeness (QED) is 0.626. The smallest absolute Gasteiger partial charge is 0.335 e. The summed E-state index contributed by atoms with van der Waals surface area (Å²) in [6, 6.07) is 0. The zero-order valence-electron chi connectivity index (χ0n) is 7.54. The molecule has 1 atom stereocenters. The molecule has 70 valence electrons. The Morgan fingerprint density at radius 3 is 2.33 bits per heavy atom. The van der Waals surface area contributed by atoms with Gasteiger partial charge in [0.2, 0.25) is 0 Å². The number of nitrogens with zero attached hydrogens (tertiary/aromatic N) is 1. The Labute approximate surface area is 71.9 Å². The maximum Gasteiger partial charge on any atom is 0.335 e. The molecule has 0 radical (unpaired) electrons. The molecule has 0 aliphatic rings. The third-order valence-corrected chi connectivity index (χ3v) is 2.10. The lowest BCUT2D eigenvalue weighted by atomic mass is 9.91. The highest BCUT2D eigenvalue weighted by Crippen LogP contribution is 2.23. The third-order valence-electron chi connectivity index (χ3n) is 2.10. The zero-order valence-corrected chi connectivity index (χ0v) is 7.54. The largest absolute Gasteiger partial charge is 0.479 e. The number of unbranched alkanes of at least 4 members (excludes halogenated alkanes) is 1. The number of carboxylic acids is 1. The molecule has 0 saturated heterocycles. The van der Waals surface area contributed by atoms with E-state index in [-0.39, 0.29) is 6.42 Å². The van der Waals surface area contributed by atoms with Crippen molar-refractivity contribution in [3.05, 3.63) is 4.91 Å². The van der Waals surface area contributed by atoms with E-state index in [4.69, 9.17) is 5.11 Å². The molecule has 12 heavy (non-hydrogen) atoms. The Kier molecular flexibility index (Phi) is 4.47. The molecular formula is C8H15NO3. The normalized spacial score (nSPS) is 15.2. The summed E-state index contributed by atoms with van der Waals surface area (Å²) >= 11 is 0. The highest BCUT2D eigenvalue weighted by Gasteiger charge is 2.37. The van der Waals surface area contributed by atoms with Gasteiger partial charge in [0.1, 0.15) is 0 Å². The van der Waals surface area contributed by atoms with Crippen molar-refractivity contribution in [2.75, 3.05) is 0 Å². The number of hydrogen-bond acceptors (Lipinski definition) is 3. The molecule has 0 spiro atoms. The molecule has 0 aliphatic carbocycles.